The fourth-order valence-corrected chi connectivity index (χ4v) is 3.43. The van der Waals surface area contributed by atoms with Crippen LogP contribution in [0.4, 0.5) is 11.4 Å². The summed E-state index contributed by atoms with van der Waals surface area (Å²) in [5.74, 6) is 0.646. The van der Waals surface area contributed by atoms with Crippen LogP contribution in [0.25, 0.3) is 0 Å². The molecule has 0 spiro atoms. The summed E-state index contributed by atoms with van der Waals surface area (Å²) < 4.78 is 5.89. The first-order valence-electron chi connectivity index (χ1n) is 10.2. The van der Waals surface area contributed by atoms with Crippen molar-refractivity contribution in [2.45, 2.75) is 39.2 Å². The molecule has 0 saturated heterocycles. The number of anilines is 2. The van der Waals surface area contributed by atoms with Crippen molar-refractivity contribution in [3.8, 4) is 5.75 Å². The fourth-order valence-electron chi connectivity index (χ4n) is 3.43. The van der Waals surface area contributed by atoms with Crippen LogP contribution in [0.5, 0.6) is 5.75 Å². The van der Waals surface area contributed by atoms with Gasteiger partial charge in [0, 0.05) is 12.2 Å². The van der Waals surface area contributed by atoms with Crippen LogP contribution < -0.4 is 20.3 Å². The Morgan fingerprint density at radius 1 is 1.14 bits per heavy atom. The third-order valence-electron chi connectivity index (χ3n) is 4.89. The Bertz CT molecular complexity index is 866. The summed E-state index contributed by atoms with van der Waals surface area (Å²) in [4.78, 5) is 27.2. The first-order chi connectivity index (χ1) is 14.0. The van der Waals surface area contributed by atoms with Crippen LogP contribution in [0.15, 0.2) is 48.5 Å². The topological polar surface area (TPSA) is 70.7 Å². The number of rotatable bonds is 7. The monoisotopic (exact) mass is 395 g/mol. The van der Waals surface area contributed by atoms with Crippen molar-refractivity contribution < 1.29 is 14.3 Å². The van der Waals surface area contributed by atoms with Crippen molar-refractivity contribution in [1.29, 1.82) is 0 Å². The minimum atomic E-state index is -0.646. The third kappa shape index (κ3) is 5.08. The SMILES string of the molecule is CCCNC(=O)[C@@H]1CN(CC(=O)Nc2ccccc2C(C)C)c2ccccc2O1. The maximum Gasteiger partial charge on any atom is 0.262 e. The highest BCUT2D eigenvalue weighted by molar-refractivity contribution is 5.95. The number of hydrogen-bond acceptors (Lipinski definition) is 4. The molecule has 2 N–H and O–H groups in total. The smallest absolute Gasteiger partial charge is 0.262 e. The molecule has 0 radical (unpaired) electrons. The van der Waals surface area contributed by atoms with Gasteiger partial charge in [-0.15, -0.1) is 0 Å². The number of amides is 2. The largest absolute Gasteiger partial charge is 0.477 e. The van der Waals surface area contributed by atoms with Gasteiger partial charge in [0.15, 0.2) is 6.10 Å². The van der Waals surface area contributed by atoms with Crippen LogP contribution in [-0.4, -0.2) is 37.6 Å². The summed E-state index contributed by atoms with van der Waals surface area (Å²) >= 11 is 0. The molecule has 1 heterocycles. The molecule has 2 amide bonds. The van der Waals surface area contributed by atoms with Gasteiger partial charge in [-0.1, -0.05) is 51.1 Å². The number of para-hydroxylation sites is 3. The van der Waals surface area contributed by atoms with Crippen molar-refractivity contribution in [2.24, 2.45) is 0 Å². The van der Waals surface area contributed by atoms with Crippen molar-refractivity contribution in [3.63, 3.8) is 0 Å². The molecule has 0 aliphatic carbocycles. The second-order valence-corrected chi connectivity index (χ2v) is 7.54. The number of ether oxygens (including phenoxy) is 1. The Kier molecular flexibility index (Phi) is 6.75. The van der Waals surface area contributed by atoms with Gasteiger partial charge in [0.1, 0.15) is 5.75 Å². The molecule has 2 aromatic carbocycles. The first-order valence-corrected chi connectivity index (χ1v) is 10.2. The average Bonchev–Trinajstić information content (AvgIpc) is 2.72. The van der Waals surface area contributed by atoms with E-state index >= 15 is 0 Å². The average molecular weight is 396 g/mol. The van der Waals surface area contributed by atoms with Gasteiger partial charge >= 0.3 is 0 Å². The molecule has 0 aromatic heterocycles. The van der Waals surface area contributed by atoms with E-state index in [2.05, 4.69) is 24.5 Å². The molecule has 29 heavy (non-hydrogen) atoms. The predicted molar refractivity (Wildman–Crippen MR) is 116 cm³/mol. The minimum Gasteiger partial charge on any atom is -0.477 e. The number of nitrogens with one attached hydrogen (secondary N) is 2. The molecule has 1 atom stereocenters. The van der Waals surface area contributed by atoms with E-state index in [1.165, 1.54) is 0 Å². The zero-order chi connectivity index (χ0) is 20.8. The molecule has 1 aliphatic rings. The maximum atomic E-state index is 12.8. The zero-order valence-corrected chi connectivity index (χ0v) is 17.3. The number of carbonyl (C=O) groups excluding carboxylic acids is 2. The minimum absolute atomic E-state index is 0.123. The summed E-state index contributed by atoms with van der Waals surface area (Å²) in [5.41, 5.74) is 2.74. The van der Waals surface area contributed by atoms with Crippen molar-refractivity contribution in [2.75, 3.05) is 29.9 Å². The van der Waals surface area contributed by atoms with E-state index in [1.807, 2.05) is 60.4 Å². The lowest BCUT2D eigenvalue weighted by Crippen LogP contribution is -2.50. The lowest BCUT2D eigenvalue weighted by atomic mass is 10.0. The van der Waals surface area contributed by atoms with Crippen LogP contribution in [0.1, 0.15) is 38.7 Å². The van der Waals surface area contributed by atoms with Crippen molar-refractivity contribution in [3.05, 3.63) is 54.1 Å². The molecular formula is C23H29N3O3. The Morgan fingerprint density at radius 3 is 2.62 bits per heavy atom. The van der Waals surface area contributed by atoms with Gasteiger partial charge in [0.25, 0.3) is 5.91 Å². The number of carbonyl (C=O) groups is 2. The maximum absolute atomic E-state index is 12.8. The molecule has 154 valence electrons. The Morgan fingerprint density at radius 2 is 1.86 bits per heavy atom. The van der Waals surface area contributed by atoms with Crippen LogP contribution in [0.3, 0.4) is 0 Å². The van der Waals surface area contributed by atoms with E-state index in [1.54, 1.807) is 0 Å². The highest BCUT2D eigenvalue weighted by atomic mass is 16.5. The van der Waals surface area contributed by atoms with Gasteiger partial charge < -0.3 is 20.3 Å². The van der Waals surface area contributed by atoms with Crippen LogP contribution in [0.2, 0.25) is 0 Å². The standard InChI is InChI=1S/C23H29N3O3/c1-4-13-24-23(28)21-14-26(19-11-7-8-12-20(19)29-21)15-22(27)25-18-10-6-5-9-17(18)16(2)3/h5-12,16,21H,4,13-15H2,1-3H3,(H,24,28)(H,25,27)/t21-/m0/s1. The lowest BCUT2D eigenvalue weighted by Gasteiger charge is -2.35. The summed E-state index contributed by atoms with van der Waals surface area (Å²) in [6.07, 6.45) is 0.211. The van der Waals surface area contributed by atoms with Gasteiger partial charge in [-0.3, -0.25) is 9.59 Å². The van der Waals surface area contributed by atoms with Gasteiger partial charge in [0.2, 0.25) is 5.91 Å². The van der Waals surface area contributed by atoms with Gasteiger partial charge in [-0.25, -0.2) is 0 Å². The highest BCUT2D eigenvalue weighted by Gasteiger charge is 2.31. The molecular weight excluding hydrogens is 366 g/mol. The van der Waals surface area contributed by atoms with E-state index in [0.29, 0.717) is 24.8 Å². The normalized spacial score (nSPS) is 15.4. The van der Waals surface area contributed by atoms with E-state index in [-0.39, 0.29) is 18.4 Å². The van der Waals surface area contributed by atoms with E-state index in [0.717, 1.165) is 23.4 Å². The number of benzene rings is 2. The molecule has 1 aliphatic heterocycles. The van der Waals surface area contributed by atoms with Gasteiger partial charge in [0.05, 0.1) is 18.8 Å². The molecule has 3 rings (SSSR count). The van der Waals surface area contributed by atoms with E-state index in [9.17, 15) is 9.59 Å². The Hall–Kier alpha value is -3.02. The van der Waals surface area contributed by atoms with E-state index in [4.69, 9.17) is 4.74 Å². The number of fused-ring (bicyclic) bond motifs is 1. The fraction of sp³-hybridized carbons (Fsp3) is 0.391. The first kappa shape index (κ1) is 20.7. The quantitative estimate of drug-likeness (QED) is 0.752. The molecule has 6 heteroatoms. The van der Waals surface area contributed by atoms with E-state index < -0.39 is 6.10 Å². The molecule has 6 nitrogen and oxygen atoms in total. The molecule has 0 unspecified atom stereocenters. The zero-order valence-electron chi connectivity index (χ0n) is 17.3. The van der Waals surface area contributed by atoms with Crippen LogP contribution >= 0.6 is 0 Å². The van der Waals surface area contributed by atoms with Crippen molar-refractivity contribution >= 4 is 23.2 Å². The second-order valence-electron chi connectivity index (χ2n) is 7.54. The third-order valence-corrected chi connectivity index (χ3v) is 4.89. The summed E-state index contributed by atoms with van der Waals surface area (Å²) in [5, 5.41) is 5.90. The summed E-state index contributed by atoms with van der Waals surface area (Å²) in [6.45, 7) is 7.28. The highest BCUT2D eigenvalue weighted by Crippen LogP contribution is 2.33. The summed E-state index contributed by atoms with van der Waals surface area (Å²) in [7, 11) is 0. The Balaban J connectivity index is 1.75. The molecule has 0 bridgehead atoms. The molecule has 2 aromatic rings. The molecule has 0 fully saturated rings. The summed E-state index contributed by atoms with van der Waals surface area (Å²) in [6, 6.07) is 15.3. The molecule has 0 saturated carbocycles. The lowest BCUT2D eigenvalue weighted by molar-refractivity contribution is -0.128. The number of hydrogen-bond donors (Lipinski definition) is 2. The van der Waals surface area contributed by atoms with Gasteiger partial charge in [-0.05, 0) is 36.1 Å². The number of nitrogens with zero attached hydrogens (tertiary/aromatic N) is 1. The van der Waals surface area contributed by atoms with Crippen molar-refractivity contribution in [1.82, 2.24) is 5.32 Å². The van der Waals surface area contributed by atoms with Gasteiger partial charge in [-0.2, -0.15) is 0 Å². The Labute approximate surface area is 172 Å². The van der Waals surface area contributed by atoms with Crippen LogP contribution in [0, 0.1) is 0 Å². The van der Waals surface area contributed by atoms with Crippen LogP contribution in [-0.2, 0) is 9.59 Å². The second kappa shape index (κ2) is 9.45. The predicted octanol–water partition coefficient (Wildman–Crippen LogP) is 3.54.